The Balaban J connectivity index is 2.31. The molecule has 2 N–H and O–H groups in total. The molecule has 0 bridgehead atoms. The second-order valence-corrected chi connectivity index (χ2v) is 7.08. The largest absolute Gasteiger partial charge is 0.462 e. The van der Waals surface area contributed by atoms with Crippen LogP contribution in [0, 0.1) is 12.8 Å². The van der Waals surface area contributed by atoms with E-state index in [0.29, 0.717) is 22.6 Å². The zero-order valence-corrected chi connectivity index (χ0v) is 12.8. The number of carbonyl (C=O) groups excluding carboxylic acids is 1. The molecule has 0 unspecified atom stereocenters. The van der Waals surface area contributed by atoms with Gasteiger partial charge in [-0.25, -0.2) is 18.4 Å². The Hall–Kier alpha value is -0.920. The second-order valence-electron chi connectivity index (χ2n) is 4.66. The standard InChI is InChI=1S/C12H14BrNO4S/c1-7-10(12(15)18-6-8-2-3-8)4-9(5-11(7)13)19(14,16)17/h4-5,8H,2-3,6H2,1H3,(H2,14,16,17). The second kappa shape index (κ2) is 5.22. The van der Waals surface area contributed by atoms with E-state index in [4.69, 9.17) is 9.88 Å². The molecule has 0 amide bonds. The summed E-state index contributed by atoms with van der Waals surface area (Å²) in [7, 11) is -3.85. The third kappa shape index (κ3) is 3.55. The molecule has 1 aromatic rings. The van der Waals surface area contributed by atoms with Gasteiger partial charge in [0, 0.05) is 4.47 Å². The zero-order chi connectivity index (χ0) is 14.2. The normalized spacial score (nSPS) is 15.3. The number of rotatable bonds is 4. The van der Waals surface area contributed by atoms with E-state index in [-0.39, 0.29) is 10.5 Å². The van der Waals surface area contributed by atoms with Gasteiger partial charge in [-0.1, -0.05) is 15.9 Å². The maximum atomic E-state index is 12.0. The van der Waals surface area contributed by atoms with Gasteiger partial charge in [-0.2, -0.15) is 0 Å². The number of ether oxygens (including phenoxy) is 1. The van der Waals surface area contributed by atoms with Crippen LogP contribution >= 0.6 is 15.9 Å². The Kier molecular flexibility index (Phi) is 3.98. The first-order chi connectivity index (χ1) is 8.79. The molecule has 0 aliphatic heterocycles. The van der Waals surface area contributed by atoms with E-state index in [1.54, 1.807) is 6.92 Å². The van der Waals surface area contributed by atoms with Gasteiger partial charge in [0.05, 0.1) is 17.1 Å². The van der Waals surface area contributed by atoms with E-state index >= 15 is 0 Å². The number of esters is 1. The minimum Gasteiger partial charge on any atom is -0.462 e. The third-order valence-corrected chi connectivity index (χ3v) is 4.73. The summed E-state index contributed by atoms with van der Waals surface area (Å²) >= 11 is 3.22. The summed E-state index contributed by atoms with van der Waals surface area (Å²) in [5.74, 6) is -0.0651. The van der Waals surface area contributed by atoms with Crippen molar-refractivity contribution >= 4 is 31.9 Å². The summed E-state index contributed by atoms with van der Waals surface area (Å²) in [4.78, 5) is 11.8. The highest BCUT2D eigenvalue weighted by atomic mass is 79.9. The summed E-state index contributed by atoms with van der Waals surface area (Å²) < 4.78 is 28.4. The molecule has 0 spiro atoms. The molecule has 1 aliphatic rings. The first-order valence-corrected chi connectivity index (χ1v) is 8.13. The van der Waals surface area contributed by atoms with Crippen molar-refractivity contribution in [3.05, 3.63) is 27.7 Å². The Morgan fingerprint density at radius 1 is 1.47 bits per heavy atom. The van der Waals surface area contributed by atoms with Gasteiger partial charge in [0.25, 0.3) is 0 Å². The molecule has 7 heteroatoms. The molecule has 0 radical (unpaired) electrons. The van der Waals surface area contributed by atoms with Crippen molar-refractivity contribution in [2.24, 2.45) is 11.1 Å². The fraction of sp³-hybridized carbons (Fsp3) is 0.417. The van der Waals surface area contributed by atoms with Crippen LogP contribution in [0.5, 0.6) is 0 Å². The number of nitrogens with two attached hydrogens (primary N) is 1. The molecule has 1 fully saturated rings. The van der Waals surface area contributed by atoms with Gasteiger partial charge in [0.1, 0.15) is 0 Å². The third-order valence-electron chi connectivity index (χ3n) is 3.01. The van der Waals surface area contributed by atoms with E-state index in [0.717, 1.165) is 12.8 Å². The Morgan fingerprint density at radius 3 is 2.63 bits per heavy atom. The van der Waals surface area contributed by atoms with Crippen molar-refractivity contribution in [2.75, 3.05) is 6.61 Å². The van der Waals surface area contributed by atoms with E-state index in [2.05, 4.69) is 15.9 Å². The lowest BCUT2D eigenvalue weighted by Gasteiger charge is -2.10. The van der Waals surface area contributed by atoms with Crippen molar-refractivity contribution in [1.82, 2.24) is 0 Å². The summed E-state index contributed by atoms with van der Waals surface area (Å²) in [5, 5.41) is 5.08. The maximum Gasteiger partial charge on any atom is 0.338 e. The van der Waals surface area contributed by atoms with Crippen molar-refractivity contribution in [1.29, 1.82) is 0 Å². The molecule has 0 atom stereocenters. The monoisotopic (exact) mass is 347 g/mol. The number of hydrogen-bond donors (Lipinski definition) is 1. The number of primary sulfonamides is 1. The molecule has 0 heterocycles. The van der Waals surface area contributed by atoms with Crippen LogP contribution in [0.25, 0.3) is 0 Å². The predicted octanol–water partition coefficient (Wildman–Crippen LogP) is 1.97. The predicted molar refractivity (Wildman–Crippen MR) is 73.3 cm³/mol. The first-order valence-electron chi connectivity index (χ1n) is 5.79. The summed E-state index contributed by atoms with van der Waals surface area (Å²) in [5.41, 5.74) is 0.854. The van der Waals surface area contributed by atoms with E-state index in [1.807, 2.05) is 0 Å². The number of hydrogen-bond acceptors (Lipinski definition) is 4. The molecule has 2 rings (SSSR count). The molecular formula is C12H14BrNO4S. The Morgan fingerprint density at radius 2 is 2.11 bits per heavy atom. The molecule has 1 aromatic carbocycles. The smallest absolute Gasteiger partial charge is 0.338 e. The van der Waals surface area contributed by atoms with Crippen molar-refractivity contribution in [3.63, 3.8) is 0 Å². The number of carbonyl (C=O) groups is 1. The summed E-state index contributed by atoms with van der Waals surface area (Å²) in [6.07, 6.45) is 2.15. The minimum absolute atomic E-state index is 0.108. The van der Waals surface area contributed by atoms with Gasteiger partial charge in [0.15, 0.2) is 0 Å². The quantitative estimate of drug-likeness (QED) is 0.843. The average molecular weight is 348 g/mol. The first kappa shape index (κ1) is 14.5. The van der Waals surface area contributed by atoms with Crippen LogP contribution in [0.3, 0.4) is 0 Å². The topological polar surface area (TPSA) is 86.5 Å². The fourth-order valence-electron chi connectivity index (χ4n) is 1.59. The van der Waals surface area contributed by atoms with Gasteiger partial charge >= 0.3 is 5.97 Å². The van der Waals surface area contributed by atoms with Crippen LogP contribution in [0.1, 0.15) is 28.8 Å². The molecule has 104 valence electrons. The highest BCUT2D eigenvalue weighted by Crippen LogP contribution is 2.30. The van der Waals surface area contributed by atoms with E-state index in [9.17, 15) is 13.2 Å². The lowest BCUT2D eigenvalue weighted by atomic mass is 10.1. The average Bonchev–Trinajstić information content (AvgIpc) is 3.11. The highest BCUT2D eigenvalue weighted by molar-refractivity contribution is 9.10. The molecule has 1 saturated carbocycles. The molecule has 5 nitrogen and oxygen atoms in total. The van der Waals surface area contributed by atoms with Crippen molar-refractivity contribution in [2.45, 2.75) is 24.7 Å². The van der Waals surface area contributed by atoms with Crippen LogP contribution in [0.4, 0.5) is 0 Å². The number of benzene rings is 1. The molecule has 1 aliphatic carbocycles. The maximum absolute atomic E-state index is 12.0. The van der Waals surface area contributed by atoms with Crippen molar-refractivity contribution in [3.8, 4) is 0 Å². The van der Waals surface area contributed by atoms with Gasteiger partial charge in [0.2, 0.25) is 10.0 Å². The summed E-state index contributed by atoms with van der Waals surface area (Å²) in [6, 6.07) is 2.63. The SMILES string of the molecule is Cc1c(Br)cc(S(N)(=O)=O)cc1C(=O)OCC1CC1. The minimum atomic E-state index is -3.85. The molecule has 0 saturated heterocycles. The van der Waals surface area contributed by atoms with Crippen LogP contribution in [0.15, 0.2) is 21.5 Å². The van der Waals surface area contributed by atoms with Crippen LogP contribution < -0.4 is 5.14 Å². The Bertz CT molecular complexity index is 623. The Labute approximate surface area is 120 Å². The molecular weight excluding hydrogens is 334 g/mol. The highest BCUT2D eigenvalue weighted by Gasteiger charge is 2.24. The van der Waals surface area contributed by atoms with E-state index < -0.39 is 16.0 Å². The van der Waals surface area contributed by atoms with Gasteiger partial charge in [-0.05, 0) is 43.4 Å². The van der Waals surface area contributed by atoms with Crippen molar-refractivity contribution < 1.29 is 17.9 Å². The van der Waals surface area contributed by atoms with E-state index in [1.165, 1.54) is 12.1 Å². The summed E-state index contributed by atoms with van der Waals surface area (Å²) in [6.45, 7) is 2.10. The van der Waals surface area contributed by atoms with Gasteiger partial charge < -0.3 is 4.74 Å². The van der Waals surface area contributed by atoms with Crippen LogP contribution in [-0.4, -0.2) is 21.0 Å². The van der Waals surface area contributed by atoms with Gasteiger partial charge in [-0.15, -0.1) is 0 Å². The number of sulfonamides is 1. The van der Waals surface area contributed by atoms with Crippen LogP contribution in [-0.2, 0) is 14.8 Å². The number of halogens is 1. The lowest BCUT2D eigenvalue weighted by molar-refractivity contribution is 0.0485. The van der Waals surface area contributed by atoms with Gasteiger partial charge in [-0.3, -0.25) is 0 Å². The zero-order valence-electron chi connectivity index (χ0n) is 10.3. The molecule has 19 heavy (non-hydrogen) atoms. The van der Waals surface area contributed by atoms with Crippen LogP contribution in [0.2, 0.25) is 0 Å². The fourth-order valence-corrected chi connectivity index (χ4v) is 2.76. The lowest BCUT2D eigenvalue weighted by Crippen LogP contribution is -2.15. The molecule has 0 aromatic heterocycles.